The van der Waals surface area contributed by atoms with Crippen LogP contribution in [-0.2, 0) is 15.0 Å². The number of carbonyl (C=O) groups is 1. The van der Waals surface area contributed by atoms with Crippen LogP contribution >= 0.6 is 23.2 Å². The maximum absolute atomic E-state index is 13.2. The fourth-order valence-electron chi connectivity index (χ4n) is 2.03. The minimum absolute atomic E-state index is 0.145. The summed E-state index contributed by atoms with van der Waals surface area (Å²) in [5.74, 6) is -1.16. The third kappa shape index (κ3) is 4.64. The molecule has 0 fully saturated rings. The maximum Gasteiger partial charge on any atom is 0.304 e. The third-order valence-electron chi connectivity index (χ3n) is 3.37. The Bertz CT molecular complexity index is 905. The summed E-state index contributed by atoms with van der Waals surface area (Å²) in [6.07, 6.45) is 0. The van der Waals surface area contributed by atoms with Crippen molar-refractivity contribution in [2.45, 2.75) is 0 Å². The summed E-state index contributed by atoms with van der Waals surface area (Å²) in [5, 5.41) is 2.92. The first-order valence-corrected chi connectivity index (χ1v) is 9.48. The molecular formula is C16H16Cl2FN3O3S. The van der Waals surface area contributed by atoms with Gasteiger partial charge in [0.15, 0.2) is 0 Å². The summed E-state index contributed by atoms with van der Waals surface area (Å²) in [6, 6.07) is 9.46. The first-order chi connectivity index (χ1) is 12.1. The second kappa shape index (κ2) is 8.22. The molecule has 10 heteroatoms. The monoisotopic (exact) mass is 419 g/mol. The quantitative estimate of drug-likeness (QED) is 0.779. The topological polar surface area (TPSA) is 69.7 Å². The van der Waals surface area contributed by atoms with Gasteiger partial charge >= 0.3 is 10.2 Å². The van der Waals surface area contributed by atoms with Gasteiger partial charge in [-0.25, -0.2) is 8.70 Å². The number of amides is 1. The number of rotatable bonds is 6. The molecule has 0 aliphatic heterocycles. The van der Waals surface area contributed by atoms with E-state index in [0.29, 0.717) is 0 Å². The van der Waals surface area contributed by atoms with Crippen molar-refractivity contribution in [3.63, 3.8) is 0 Å². The average Bonchev–Trinajstić information content (AvgIpc) is 2.57. The van der Waals surface area contributed by atoms with Gasteiger partial charge in [0, 0.05) is 14.1 Å². The van der Waals surface area contributed by atoms with Gasteiger partial charge in [-0.1, -0.05) is 29.3 Å². The van der Waals surface area contributed by atoms with Gasteiger partial charge in [-0.05, 0) is 36.4 Å². The van der Waals surface area contributed by atoms with E-state index in [2.05, 4.69) is 5.32 Å². The Balaban J connectivity index is 2.30. The molecule has 1 N–H and O–H groups in total. The molecule has 1 amide bonds. The molecule has 0 spiro atoms. The highest BCUT2D eigenvalue weighted by Crippen LogP contribution is 2.29. The van der Waals surface area contributed by atoms with Crippen molar-refractivity contribution in [3.8, 4) is 0 Å². The molecule has 2 aromatic carbocycles. The molecule has 140 valence electrons. The highest BCUT2D eigenvalue weighted by molar-refractivity contribution is 7.90. The number of anilines is 2. The number of nitrogens with one attached hydrogen (secondary N) is 1. The van der Waals surface area contributed by atoms with Crippen LogP contribution in [0.4, 0.5) is 15.8 Å². The smallest absolute Gasteiger partial charge is 0.304 e. The summed E-state index contributed by atoms with van der Waals surface area (Å²) < 4.78 is 40.1. The van der Waals surface area contributed by atoms with Gasteiger partial charge in [0.1, 0.15) is 12.4 Å². The van der Waals surface area contributed by atoms with Crippen LogP contribution in [0.5, 0.6) is 0 Å². The van der Waals surface area contributed by atoms with E-state index in [4.69, 9.17) is 23.2 Å². The minimum atomic E-state index is -3.99. The summed E-state index contributed by atoms with van der Waals surface area (Å²) in [7, 11) is -1.32. The van der Waals surface area contributed by atoms with Crippen molar-refractivity contribution in [2.24, 2.45) is 0 Å². The second-order valence-corrected chi connectivity index (χ2v) is 8.27. The number of halogens is 3. The van der Waals surface area contributed by atoms with Crippen LogP contribution in [0.3, 0.4) is 0 Å². The molecule has 6 nitrogen and oxygen atoms in total. The Hall–Kier alpha value is -1.87. The van der Waals surface area contributed by atoms with Crippen LogP contribution in [0.2, 0.25) is 10.0 Å². The predicted octanol–water partition coefficient (Wildman–Crippen LogP) is 3.38. The van der Waals surface area contributed by atoms with Gasteiger partial charge in [0.2, 0.25) is 5.91 Å². The van der Waals surface area contributed by atoms with Gasteiger partial charge in [-0.15, -0.1) is 0 Å². The lowest BCUT2D eigenvalue weighted by atomic mass is 10.3. The molecule has 26 heavy (non-hydrogen) atoms. The summed E-state index contributed by atoms with van der Waals surface area (Å²) in [4.78, 5) is 12.4. The largest absolute Gasteiger partial charge is 0.323 e. The number of hydrogen-bond acceptors (Lipinski definition) is 3. The Morgan fingerprint density at radius 1 is 1.12 bits per heavy atom. The molecule has 0 atom stereocenters. The van der Waals surface area contributed by atoms with E-state index in [0.717, 1.165) is 20.7 Å². The molecule has 0 aliphatic carbocycles. The molecule has 0 heterocycles. The molecule has 0 aliphatic rings. The van der Waals surface area contributed by atoms with Crippen molar-refractivity contribution in [1.82, 2.24) is 4.31 Å². The molecule has 2 aromatic rings. The van der Waals surface area contributed by atoms with E-state index >= 15 is 0 Å². The SMILES string of the molecule is CN(C)S(=O)(=O)N(CC(=O)Nc1cccc(Cl)c1Cl)c1ccc(F)cc1. The first kappa shape index (κ1) is 20.4. The Labute approximate surface area is 161 Å². The fraction of sp³-hybridized carbons (Fsp3) is 0.188. The summed E-state index contributed by atoms with van der Waals surface area (Å²) in [6.45, 7) is -0.533. The zero-order valence-corrected chi connectivity index (χ0v) is 16.2. The van der Waals surface area contributed by atoms with Gasteiger partial charge in [-0.3, -0.25) is 4.79 Å². The Morgan fingerprint density at radius 3 is 2.31 bits per heavy atom. The van der Waals surface area contributed by atoms with E-state index in [9.17, 15) is 17.6 Å². The molecule has 0 saturated carbocycles. The summed E-state index contributed by atoms with van der Waals surface area (Å²) in [5.41, 5.74) is 0.401. The molecule has 2 rings (SSSR count). The number of nitrogens with zero attached hydrogens (tertiary/aromatic N) is 2. The van der Waals surface area contributed by atoms with E-state index in [1.165, 1.54) is 32.3 Å². The summed E-state index contributed by atoms with van der Waals surface area (Å²) >= 11 is 11.9. The zero-order chi connectivity index (χ0) is 19.5. The number of hydrogen-bond donors (Lipinski definition) is 1. The average molecular weight is 420 g/mol. The Kier molecular flexibility index (Phi) is 6.46. The van der Waals surface area contributed by atoms with Gasteiger partial charge < -0.3 is 5.32 Å². The molecular weight excluding hydrogens is 404 g/mol. The highest BCUT2D eigenvalue weighted by Gasteiger charge is 2.27. The lowest BCUT2D eigenvalue weighted by Crippen LogP contribution is -2.44. The molecule has 0 unspecified atom stereocenters. The molecule has 0 radical (unpaired) electrons. The van der Waals surface area contributed by atoms with Crippen LogP contribution < -0.4 is 9.62 Å². The predicted molar refractivity (Wildman–Crippen MR) is 101 cm³/mol. The van der Waals surface area contributed by atoms with E-state index < -0.39 is 28.5 Å². The molecule has 0 aromatic heterocycles. The van der Waals surface area contributed by atoms with E-state index in [1.54, 1.807) is 12.1 Å². The van der Waals surface area contributed by atoms with Crippen LogP contribution in [0.25, 0.3) is 0 Å². The lowest BCUT2D eigenvalue weighted by Gasteiger charge is -2.27. The minimum Gasteiger partial charge on any atom is -0.323 e. The van der Waals surface area contributed by atoms with Crippen LogP contribution in [0, 0.1) is 5.82 Å². The molecule has 0 bridgehead atoms. The lowest BCUT2D eigenvalue weighted by molar-refractivity contribution is -0.114. The number of carbonyl (C=O) groups excluding carboxylic acids is 1. The van der Waals surface area contributed by atoms with Crippen LogP contribution in [0.15, 0.2) is 42.5 Å². The van der Waals surface area contributed by atoms with Crippen molar-refractivity contribution in [2.75, 3.05) is 30.3 Å². The van der Waals surface area contributed by atoms with Crippen molar-refractivity contribution in [3.05, 3.63) is 58.3 Å². The van der Waals surface area contributed by atoms with Crippen molar-refractivity contribution in [1.29, 1.82) is 0 Å². The first-order valence-electron chi connectivity index (χ1n) is 7.32. The van der Waals surface area contributed by atoms with E-state index in [-0.39, 0.29) is 21.4 Å². The normalized spacial score (nSPS) is 11.5. The Morgan fingerprint density at radius 2 is 1.73 bits per heavy atom. The van der Waals surface area contributed by atoms with Gasteiger partial charge in [0.05, 0.1) is 21.4 Å². The van der Waals surface area contributed by atoms with Gasteiger partial charge in [0.25, 0.3) is 0 Å². The van der Waals surface area contributed by atoms with Crippen LogP contribution in [-0.4, -0.2) is 39.3 Å². The van der Waals surface area contributed by atoms with Crippen molar-refractivity contribution < 1.29 is 17.6 Å². The molecule has 0 saturated heterocycles. The highest BCUT2D eigenvalue weighted by atomic mass is 35.5. The standard InChI is InChI=1S/C16H16Cl2FN3O3S/c1-21(2)26(24,25)22(12-8-6-11(19)7-9-12)10-15(23)20-14-5-3-4-13(17)16(14)18/h3-9H,10H2,1-2H3,(H,20,23). The maximum atomic E-state index is 13.2. The third-order valence-corrected chi connectivity index (χ3v) is 6.01. The second-order valence-electron chi connectivity index (χ2n) is 5.42. The van der Waals surface area contributed by atoms with Crippen molar-refractivity contribution >= 4 is 50.7 Å². The van der Waals surface area contributed by atoms with Crippen LogP contribution in [0.1, 0.15) is 0 Å². The zero-order valence-electron chi connectivity index (χ0n) is 13.9. The van der Waals surface area contributed by atoms with E-state index in [1.807, 2.05) is 0 Å². The fourth-order valence-corrected chi connectivity index (χ4v) is 3.44. The van der Waals surface area contributed by atoms with Gasteiger partial charge in [-0.2, -0.15) is 12.7 Å². The number of benzene rings is 2.